The van der Waals surface area contributed by atoms with Gasteiger partial charge < -0.3 is 10.6 Å². The highest BCUT2D eigenvalue weighted by Crippen LogP contribution is 2.31. The Morgan fingerprint density at radius 3 is 2.20 bits per heavy atom. The minimum atomic E-state index is -1.03. The van der Waals surface area contributed by atoms with Gasteiger partial charge in [0, 0.05) is 41.7 Å². The second kappa shape index (κ2) is 11.8. The molecular weight excluding hydrogens is 507 g/mol. The molecule has 3 N–H and O–H groups in total. The second-order valence-electron chi connectivity index (χ2n) is 9.35. The summed E-state index contributed by atoms with van der Waals surface area (Å²) in [6.07, 6.45) is 3.17. The fourth-order valence-corrected chi connectivity index (χ4v) is 4.85. The molecule has 0 saturated heterocycles. The van der Waals surface area contributed by atoms with Crippen LogP contribution in [0.15, 0.2) is 97.3 Å². The summed E-state index contributed by atoms with van der Waals surface area (Å²) in [5.41, 5.74) is 3.97. The van der Waals surface area contributed by atoms with Gasteiger partial charge in [-0.25, -0.2) is 4.39 Å². The number of nitrogens with one attached hydrogen (secondary N) is 3. The minimum Gasteiger partial charge on any atom is -0.338 e. The average molecular weight is 537 g/mol. The molecule has 0 fully saturated rings. The van der Waals surface area contributed by atoms with Crippen molar-refractivity contribution < 1.29 is 14.0 Å². The fraction of sp³-hybridized carbons (Fsp3) is 0.161. The first-order valence-corrected chi connectivity index (χ1v) is 13.0. The predicted octanol–water partition coefficient (Wildman–Crippen LogP) is 5.31. The van der Waals surface area contributed by atoms with Gasteiger partial charge in [-0.1, -0.05) is 60.7 Å². The Kier molecular flexibility index (Phi) is 7.82. The van der Waals surface area contributed by atoms with Crippen molar-refractivity contribution in [3.05, 3.63) is 126 Å². The highest BCUT2D eigenvalue weighted by molar-refractivity contribution is 6.01. The van der Waals surface area contributed by atoms with Crippen molar-refractivity contribution in [2.45, 2.75) is 32.4 Å². The van der Waals surface area contributed by atoms with Gasteiger partial charge in [-0.05, 0) is 49.2 Å². The third-order valence-electron chi connectivity index (χ3n) is 6.83. The molecule has 5 rings (SSSR count). The topological polar surface area (TPSA) is 105 Å². The van der Waals surface area contributed by atoms with Crippen molar-refractivity contribution >= 4 is 17.5 Å². The lowest BCUT2D eigenvalue weighted by molar-refractivity contribution is -0.118. The molecule has 0 aliphatic rings. The number of carbonyl (C=O) groups is 2. The summed E-state index contributed by atoms with van der Waals surface area (Å²) in [5.74, 6) is -1.95. The van der Waals surface area contributed by atoms with Crippen LogP contribution >= 0.6 is 0 Å². The summed E-state index contributed by atoms with van der Waals surface area (Å²) in [6.45, 7) is 4.16. The Labute approximate surface area is 231 Å². The number of rotatable bonds is 9. The minimum absolute atomic E-state index is 0.269. The Balaban J connectivity index is 1.52. The van der Waals surface area contributed by atoms with E-state index >= 15 is 4.39 Å². The van der Waals surface area contributed by atoms with E-state index in [1.54, 1.807) is 42.2 Å². The zero-order chi connectivity index (χ0) is 28.1. The molecule has 0 radical (unpaired) electrons. The number of H-pyrrole nitrogens is 1. The van der Waals surface area contributed by atoms with Gasteiger partial charge in [-0.3, -0.25) is 19.4 Å². The zero-order valence-electron chi connectivity index (χ0n) is 22.1. The van der Waals surface area contributed by atoms with E-state index in [9.17, 15) is 9.59 Å². The van der Waals surface area contributed by atoms with Crippen LogP contribution in [0.25, 0.3) is 11.1 Å². The lowest BCUT2D eigenvalue weighted by Crippen LogP contribution is -2.48. The average Bonchev–Trinajstić information content (AvgIpc) is 3.63. The number of halogens is 1. The van der Waals surface area contributed by atoms with Crippen LogP contribution in [-0.4, -0.2) is 37.8 Å². The summed E-state index contributed by atoms with van der Waals surface area (Å²) in [4.78, 5) is 27.4. The number of benzene rings is 3. The van der Waals surface area contributed by atoms with Gasteiger partial charge in [-0.15, -0.1) is 0 Å². The molecule has 0 aliphatic carbocycles. The number of nitrogens with zero attached hydrogens (tertiary/aromatic N) is 3. The molecule has 0 aliphatic heterocycles. The van der Waals surface area contributed by atoms with Crippen LogP contribution in [0.4, 0.5) is 10.1 Å². The van der Waals surface area contributed by atoms with Gasteiger partial charge in [0.1, 0.15) is 17.6 Å². The van der Waals surface area contributed by atoms with E-state index in [0.29, 0.717) is 29.1 Å². The molecule has 202 valence electrons. The third kappa shape index (κ3) is 5.54. The van der Waals surface area contributed by atoms with E-state index in [0.717, 1.165) is 11.1 Å². The molecule has 0 bridgehead atoms. The van der Waals surface area contributed by atoms with Crippen molar-refractivity contribution in [3.63, 3.8) is 0 Å². The second-order valence-corrected chi connectivity index (χ2v) is 9.35. The largest absolute Gasteiger partial charge is 0.338 e. The van der Waals surface area contributed by atoms with Crippen LogP contribution in [-0.2, 0) is 11.3 Å². The number of hydrogen-bond donors (Lipinski definition) is 3. The fourth-order valence-electron chi connectivity index (χ4n) is 4.85. The molecule has 9 heteroatoms. The standard InChI is InChI=1S/C31H29FN6O2/c1-3-38-27(16-17-34-38)30(39)36-29(28(21-10-6-4-7-11-21)22-12-8-5-9-13-22)31(40)35-23-14-15-24(26(32)18-23)25-19-33-37-20(25)2/h4-19,28-29H,3H2,1-2H3,(H,33,37)(H,35,40)(H,36,39)/t29-/m0/s1. The number of carbonyl (C=O) groups excluding carboxylic acids is 2. The van der Waals surface area contributed by atoms with Crippen LogP contribution in [0, 0.1) is 12.7 Å². The Bertz CT molecular complexity index is 1570. The van der Waals surface area contributed by atoms with Gasteiger partial charge in [-0.2, -0.15) is 10.2 Å². The normalized spacial score (nSPS) is 11.8. The summed E-state index contributed by atoms with van der Waals surface area (Å²) in [6, 6.07) is 24.1. The van der Waals surface area contributed by atoms with Crippen LogP contribution in [0.3, 0.4) is 0 Å². The highest BCUT2D eigenvalue weighted by atomic mass is 19.1. The van der Waals surface area contributed by atoms with E-state index in [1.807, 2.05) is 67.6 Å². The number of aromatic nitrogens is 4. The van der Waals surface area contributed by atoms with Crippen molar-refractivity contribution in [3.8, 4) is 11.1 Å². The Hall–Kier alpha value is -5.05. The zero-order valence-corrected chi connectivity index (χ0v) is 22.1. The molecule has 5 aromatic rings. The van der Waals surface area contributed by atoms with E-state index in [2.05, 4.69) is 25.9 Å². The molecule has 3 aromatic carbocycles. The molecule has 0 saturated carbocycles. The van der Waals surface area contributed by atoms with Gasteiger partial charge in [0.25, 0.3) is 5.91 Å². The summed E-state index contributed by atoms with van der Waals surface area (Å²) < 4.78 is 16.7. The van der Waals surface area contributed by atoms with Gasteiger partial charge in [0.05, 0.1) is 5.69 Å². The lowest BCUT2D eigenvalue weighted by Gasteiger charge is -2.28. The first kappa shape index (κ1) is 26.6. The molecule has 8 nitrogen and oxygen atoms in total. The molecular formula is C31H29FN6O2. The van der Waals surface area contributed by atoms with Crippen molar-refractivity contribution in [1.29, 1.82) is 0 Å². The van der Waals surface area contributed by atoms with Crippen molar-refractivity contribution in [2.24, 2.45) is 0 Å². The van der Waals surface area contributed by atoms with Crippen LogP contribution < -0.4 is 10.6 Å². The molecule has 2 amide bonds. The first-order chi connectivity index (χ1) is 19.5. The molecule has 40 heavy (non-hydrogen) atoms. The first-order valence-electron chi connectivity index (χ1n) is 13.0. The molecule has 0 spiro atoms. The maximum atomic E-state index is 15.1. The smallest absolute Gasteiger partial charge is 0.270 e. The highest BCUT2D eigenvalue weighted by Gasteiger charge is 2.33. The number of aromatic amines is 1. The molecule has 1 atom stereocenters. The Morgan fingerprint density at radius 1 is 0.950 bits per heavy atom. The van der Waals surface area contributed by atoms with Crippen LogP contribution in [0.2, 0.25) is 0 Å². The monoisotopic (exact) mass is 536 g/mol. The van der Waals surface area contributed by atoms with E-state index in [1.165, 1.54) is 6.07 Å². The molecule has 2 heterocycles. The van der Waals surface area contributed by atoms with Crippen LogP contribution in [0.5, 0.6) is 0 Å². The maximum absolute atomic E-state index is 15.1. The van der Waals surface area contributed by atoms with Gasteiger partial charge >= 0.3 is 0 Å². The summed E-state index contributed by atoms with van der Waals surface area (Å²) in [7, 11) is 0. The predicted molar refractivity (Wildman–Crippen MR) is 151 cm³/mol. The summed E-state index contributed by atoms with van der Waals surface area (Å²) >= 11 is 0. The Morgan fingerprint density at radius 2 is 1.62 bits per heavy atom. The van der Waals surface area contributed by atoms with E-state index in [-0.39, 0.29) is 5.69 Å². The van der Waals surface area contributed by atoms with Crippen molar-refractivity contribution in [1.82, 2.24) is 25.3 Å². The van der Waals surface area contributed by atoms with E-state index in [4.69, 9.17) is 0 Å². The van der Waals surface area contributed by atoms with Gasteiger partial charge in [0.15, 0.2) is 0 Å². The van der Waals surface area contributed by atoms with Crippen LogP contribution in [0.1, 0.15) is 40.2 Å². The van der Waals surface area contributed by atoms with Gasteiger partial charge in [0.2, 0.25) is 5.91 Å². The molecule has 0 unspecified atom stereocenters. The maximum Gasteiger partial charge on any atom is 0.270 e. The summed E-state index contributed by atoms with van der Waals surface area (Å²) in [5, 5.41) is 16.8. The lowest BCUT2D eigenvalue weighted by atomic mass is 9.84. The van der Waals surface area contributed by atoms with E-state index < -0.39 is 29.6 Å². The number of hydrogen-bond acceptors (Lipinski definition) is 4. The number of aryl methyl sites for hydroxylation is 2. The molecule has 2 aromatic heterocycles. The van der Waals surface area contributed by atoms with Crippen molar-refractivity contribution in [2.75, 3.05) is 5.32 Å². The number of anilines is 1. The quantitative estimate of drug-likeness (QED) is 0.237. The number of amides is 2. The SMILES string of the molecule is CCn1nccc1C(=O)N[C@H](C(=O)Nc1ccc(-c2c[nH]nc2C)c(F)c1)C(c1ccccc1)c1ccccc1. The third-order valence-corrected chi connectivity index (χ3v) is 6.83.